The van der Waals surface area contributed by atoms with Gasteiger partial charge in [-0.25, -0.2) is 0 Å². The van der Waals surface area contributed by atoms with Crippen molar-refractivity contribution in [3.05, 3.63) is 23.8 Å². The number of hydrogen-bond donors (Lipinski definition) is 0. The molecule has 0 N–H and O–H groups in total. The van der Waals surface area contributed by atoms with Crippen LogP contribution < -0.4 is 0 Å². The predicted molar refractivity (Wildman–Crippen MR) is 72.2 cm³/mol. The fraction of sp³-hybridized carbons (Fsp3) is 0.750. The van der Waals surface area contributed by atoms with Gasteiger partial charge in [0.25, 0.3) is 0 Å². The maximum atomic E-state index is 6.07. The average molecular weight is 248 g/mol. The largest absolute Gasteiger partial charge is 0.340 e. The molecule has 0 bridgehead atoms. The summed E-state index contributed by atoms with van der Waals surface area (Å²) < 4.78 is 12.0. The fourth-order valence-corrected chi connectivity index (χ4v) is 3.51. The van der Waals surface area contributed by atoms with Gasteiger partial charge in [0, 0.05) is 0 Å². The predicted octanol–water partition coefficient (Wildman–Crippen LogP) is 3.97. The summed E-state index contributed by atoms with van der Waals surface area (Å²) in [5.41, 5.74) is 1.44. The number of fused-ring (bicyclic) bond motifs is 1. The molecule has 100 valence electrons. The SMILES string of the molecule is CC1(C)O[C@H]2C=CC=C(CC3CCCCC3)[C@H]2O1. The first kappa shape index (κ1) is 12.4. The van der Waals surface area contributed by atoms with E-state index in [0.717, 1.165) is 5.92 Å². The van der Waals surface area contributed by atoms with Gasteiger partial charge in [-0.1, -0.05) is 50.3 Å². The molecule has 2 aliphatic carbocycles. The van der Waals surface area contributed by atoms with Crippen LogP contribution in [0.1, 0.15) is 52.4 Å². The molecule has 1 heterocycles. The van der Waals surface area contributed by atoms with Gasteiger partial charge in [-0.05, 0) is 31.8 Å². The molecule has 3 aliphatic rings. The summed E-state index contributed by atoms with van der Waals surface area (Å²) in [5.74, 6) is 0.430. The highest BCUT2D eigenvalue weighted by molar-refractivity contribution is 5.28. The lowest BCUT2D eigenvalue weighted by Crippen LogP contribution is -2.26. The van der Waals surface area contributed by atoms with Crippen LogP contribution in [0.25, 0.3) is 0 Å². The van der Waals surface area contributed by atoms with Crippen LogP contribution in [-0.2, 0) is 9.47 Å². The molecule has 0 aromatic rings. The van der Waals surface area contributed by atoms with Crippen LogP contribution in [0.5, 0.6) is 0 Å². The molecule has 1 saturated heterocycles. The molecule has 0 amide bonds. The van der Waals surface area contributed by atoms with Gasteiger partial charge in [-0.15, -0.1) is 0 Å². The lowest BCUT2D eigenvalue weighted by atomic mass is 9.82. The minimum Gasteiger partial charge on any atom is -0.340 e. The van der Waals surface area contributed by atoms with E-state index in [1.807, 2.05) is 13.8 Å². The second kappa shape index (κ2) is 4.82. The maximum Gasteiger partial charge on any atom is 0.164 e. The summed E-state index contributed by atoms with van der Waals surface area (Å²) in [6, 6.07) is 0. The van der Waals surface area contributed by atoms with Gasteiger partial charge < -0.3 is 9.47 Å². The molecule has 2 fully saturated rings. The molecule has 2 nitrogen and oxygen atoms in total. The first-order valence-corrected chi connectivity index (χ1v) is 7.37. The number of hydrogen-bond acceptors (Lipinski definition) is 2. The molecule has 2 heteroatoms. The van der Waals surface area contributed by atoms with E-state index < -0.39 is 5.79 Å². The molecular weight excluding hydrogens is 224 g/mol. The molecule has 2 atom stereocenters. The zero-order valence-electron chi connectivity index (χ0n) is 11.5. The van der Waals surface area contributed by atoms with Gasteiger partial charge in [-0.3, -0.25) is 0 Å². The van der Waals surface area contributed by atoms with Gasteiger partial charge in [0.1, 0.15) is 12.2 Å². The Labute approximate surface area is 110 Å². The summed E-state index contributed by atoms with van der Waals surface area (Å²) in [6.07, 6.45) is 15.0. The van der Waals surface area contributed by atoms with E-state index in [1.165, 1.54) is 44.1 Å². The van der Waals surface area contributed by atoms with Crippen molar-refractivity contribution in [1.82, 2.24) is 0 Å². The highest BCUT2D eigenvalue weighted by Crippen LogP contribution is 2.38. The van der Waals surface area contributed by atoms with Gasteiger partial charge in [-0.2, -0.15) is 0 Å². The van der Waals surface area contributed by atoms with E-state index in [-0.39, 0.29) is 12.2 Å². The van der Waals surface area contributed by atoms with Crippen molar-refractivity contribution >= 4 is 0 Å². The van der Waals surface area contributed by atoms with Crippen molar-refractivity contribution in [1.29, 1.82) is 0 Å². The highest BCUT2D eigenvalue weighted by Gasteiger charge is 2.42. The molecule has 0 aromatic carbocycles. The Morgan fingerprint density at radius 3 is 2.72 bits per heavy atom. The topological polar surface area (TPSA) is 18.5 Å². The Kier molecular flexibility index (Phi) is 3.33. The summed E-state index contributed by atoms with van der Waals surface area (Å²) in [5, 5.41) is 0. The van der Waals surface area contributed by atoms with E-state index in [4.69, 9.17) is 9.47 Å². The Bertz CT molecular complexity index is 361. The monoisotopic (exact) mass is 248 g/mol. The zero-order valence-corrected chi connectivity index (χ0v) is 11.5. The standard InChI is InChI=1S/C16H24O2/c1-16(2)17-14-10-6-9-13(15(14)18-16)11-12-7-4-3-5-8-12/h6,9-10,12,14-15H,3-5,7-8,11H2,1-2H3/t14-,15+/m0/s1. The summed E-state index contributed by atoms with van der Waals surface area (Å²) >= 11 is 0. The molecule has 3 rings (SSSR count). The number of rotatable bonds is 2. The molecule has 0 unspecified atom stereocenters. The number of ether oxygens (including phenoxy) is 2. The lowest BCUT2D eigenvalue weighted by molar-refractivity contribution is -0.139. The van der Waals surface area contributed by atoms with Crippen LogP contribution in [0.4, 0.5) is 0 Å². The van der Waals surface area contributed by atoms with Crippen molar-refractivity contribution in [2.24, 2.45) is 5.92 Å². The van der Waals surface area contributed by atoms with Gasteiger partial charge in [0.15, 0.2) is 5.79 Å². The second-order valence-electron chi connectivity index (χ2n) is 6.36. The van der Waals surface area contributed by atoms with Gasteiger partial charge >= 0.3 is 0 Å². The van der Waals surface area contributed by atoms with Crippen LogP contribution in [0.2, 0.25) is 0 Å². The molecule has 0 radical (unpaired) electrons. The van der Waals surface area contributed by atoms with Crippen molar-refractivity contribution in [2.75, 3.05) is 0 Å². The molecule has 1 aliphatic heterocycles. The second-order valence-corrected chi connectivity index (χ2v) is 6.36. The first-order chi connectivity index (χ1) is 8.64. The maximum absolute atomic E-state index is 6.07. The van der Waals surface area contributed by atoms with Crippen molar-refractivity contribution in [3.63, 3.8) is 0 Å². The average Bonchev–Trinajstić information content (AvgIpc) is 2.66. The normalized spacial score (nSPS) is 35.3. The van der Waals surface area contributed by atoms with Crippen molar-refractivity contribution in [2.45, 2.75) is 70.4 Å². The minimum absolute atomic E-state index is 0.128. The molecule has 0 spiro atoms. The van der Waals surface area contributed by atoms with E-state index in [1.54, 1.807) is 0 Å². The van der Waals surface area contributed by atoms with E-state index in [0.29, 0.717) is 0 Å². The summed E-state index contributed by atoms with van der Waals surface area (Å²) in [4.78, 5) is 0. The van der Waals surface area contributed by atoms with Crippen LogP contribution in [0.15, 0.2) is 23.8 Å². The first-order valence-electron chi connectivity index (χ1n) is 7.37. The van der Waals surface area contributed by atoms with E-state index in [9.17, 15) is 0 Å². The quantitative estimate of drug-likeness (QED) is 0.736. The van der Waals surface area contributed by atoms with Crippen LogP contribution in [0.3, 0.4) is 0 Å². The Hall–Kier alpha value is -0.600. The fourth-order valence-electron chi connectivity index (χ4n) is 3.51. The van der Waals surface area contributed by atoms with Gasteiger partial charge in [0.2, 0.25) is 0 Å². The van der Waals surface area contributed by atoms with Crippen molar-refractivity contribution in [3.8, 4) is 0 Å². The summed E-state index contributed by atoms with van der Waals surface area (Å²) in [7, 11) is 0. The third kappa shape index (κ3) is 2.55. The number of allylic oxidation sites excluding steroid dienone is 2. The van der Waals surface area contributed by atoms with E-state index >= 15 is 0 Å². The Morgan fingerprint density at radius 2 is 1.94 bits per heavy atom. The Morgan fingerprint density at radius 1 is 1.17 bits per heavy atom. The lowest BCUT2D eigenvalue weighted by Gasteiger charge is -2.27. The molecule has 0 aromatic heterocycles. The van der Waals surface area contributed by atoms with Crippen LogP contribution in [-0.4, -0.2) is 18.0 Å². The smallest absolute Gasteiger partial charge is 0.164 e. The summed E-state index contributed by atoms with van der Waals surface area (Å²) in [6.45, 7) is 4.02. The van der Waals surface area contributed by atoms with Crippen LogP contribution >= 0.6 is 0 Å². The molecule has 1 saturated carbocycles. The highest BCUT2D eigenvalue weighted by atomic mass is 16.7. The third-order valence-corrected chi connectivity index (χ3v) is 4.35. The molecular formula is C16H24O2. The van der Waals surface area contributed by atoms with E-state index in [2.05, 4.69) is 18.2 Å². The minimum atomic E-state index is -0.435. The van der Waals surface area contributed by atoms with Gasteiger partial charge in [0.05, 0.1) is 0 Å². The third-order valence-electron chi connectivity index (χ3n) is 4.35. The van der Waals surface area contributed by atoms with Crippen LogP contribution in [0, 0.1) is 5.92 Å². The Balaban J connectivity index is 1.68. The zero-order chi connectivity index (χ0) is 12.6. The van der Waals surface area contributed by atoms with Crippen molar-refractivity contribution < 1.29 is 9.47 Å². The molecule has 18 heavy (non-hydrogen) atoms.